The zero-order valence-electron chi connectivity index (χ0n) is 12.7. The molecule has 0 amide bonds. The molecule has 0 bridgehead atoms. The number of benzene rings is 1. The summed E-state index contributed by atoms with van der Waals surface area (Å²) in [5.74, 6) is 0.846. The van der Waals surface area contributed by atoms with Crippen LogP contribution >= 0.6 is 11.3 Å². The van der Waals surface area contributed by atoms with Crippen molar-refractivity contribution >= 4 is 26.7 Å². The van der Waals surface area contributed by atoms with Crippen LogP contribution in [0.25, 0.3) is 10.2 Å². The van der Waals surface area contributed by atoms with Crippen LogP contribution in [0.1, 0.15) is 19.4 Å². The quantitative estimate of drug-likeness (QED) is 0.849. The first-order valence-electron chi connectivity index (χ1n) is 7.09. The molecule has 1 heterocycles. The molecule has 0 fully saturated rings. The fourth-order valence-electron chi connectivity index (χ4n) is 2.21. The minimum Gasteiger partial charge on any atom is -0.494 e. The van der Waals surface area contributed by atoms with Gasteiger partial charge >= 0.3 is 0 Å². The van der Waals surface area contributed by atoms with Gasteiger partial charge in [0.05, 0.1) is 11.8 Å². The van der Waals surface area contributed by atoms with Crippen molar-refractivity contribution < 1.29 is 4.74 Å². The Morgan fingerprint density at radius 2 is 2.05 bits per heavy atom. The van der Waals surface area contributed by atoms with Crippen LogP contribution in [0.15, 0.2) is 12.1 Å². The molecule has 0 saturated carbocycles. The maximum atomic E-state index is 5.38. The van der Waals surface area contributed by atoms with E-state index < -0.39 is 0 Å². The molecule has 0 radical (unpaired) electrons. The highest BCUT2D eigenvalue weighted by Crippen LogP contribution is 2.34. The van der Waals surface area contributed by atoms with Crippen LogP contribution < -0.4 is 10.1 Å². The number of aryl methyl sites for hydroxylation is 1. The van der Waals surface area contributed by atoms with E-state index in [0.29, 0.717) is 0 Å². The highest BCUT2D eigenvalue weighted by atomic mass is 32.1. The lowest BCUT2D eigenvalue weighted by molar-refractivity contribution is 0.316. The molecule has 1 N–H and O–H groups in total. The number of thiazole rings is 1. The molecule has 0 spiro atoms. The van der Waals surface area contributed by atoms with Crippen molar-refractivity contribution in [2.75, 3.05) is 38.6 Å². The maximum Gasteiger partial charge on any atom is 0.183 e. The monoisotopic (exact) mass is 293 g/mol. The molecular weight excluding hydrogens is 270 g/mol. The number of hydrogen-bond acceptors (Lipinski definition) is 5. The molecule has 4 nitrogen and oxygen atoms in total. The Morgan fingerprint density at radius 3 is 2.70 bits per heavy atom. The summed E-state index contributed by atoms with van der Waals surface area (Å²) < 4.78 is 6.58. The molecule has 1 aromatic heterocycles. The van der Waals surface area contributed by atoms with Crippen LogP contribution in [0.2, 0.25) is 0 Å². The Kier molecular flexibility index (Phi) is 5.20. The zero-order chi connectivity index (χ0) is 14.5. The summed E-state index contributed by atoms with van der Waals surface area (Å²) in [4.78, 5) is 7.05. The maximum absolute atomic E-state index is 5.38. The van der Waals surface area contributed by atoms with E-state index >= 15 is 0 Å². The minimum atomic E-state index is 0.846. The van der Waals surface area contributed by atoms with Crippen molar-refractivity contribution in [3.63, 3.8) is 0 Å². The summed E-state index contributed by atoms with van der Waals surface area (Å²) in [6, 6.07) is 4.07. The second-order valence-electron chi connectivity index (χ2n) is 4.74. The van der Waals surface area contributed by atoms with E-state index in [-0.39, 0.29) is 0 Å². The number of methoxy groups -OCH3 is 1. The third kappa shape index (κ3) is 3.22. The summed E-state index contributed by atoms with van der Waals surface area (Å²) in [5, 5.41) is 4.39. The molecule has 0 aliphatic carbocycles. The molecule has 0 aliphatic heterocycles. The van der Waals surface area contributed by atoms with Crippen LogP contribution in [0.3, 0.4) is 0 Å². The van der Waals surface area contributed by atoms with Crippen molar-refractivity contribution in [3.8, 4) is 5.75 Å². The molecule has 0 saturated heterocycles. The number of nitrogens with zero attached hydrogens (tertiary/aromatic N) is 2. The molecule has 2 aromatic rings. The molecule has 2 rings (SSSR count). The van der Waals surface area contributed by atoms with Gasteiger partial charge in [0.15, 0.2) is 5.13 Å². The number of fused-ring (bicyclic) bond motifs is 1. The molecule has 20 heavy (non-hydrogen) atoms. The predicted molar refractivity (Wildman–Crippen MR) is 87.2 cm³/mol. The molecular formula is C15H23N3OS. The fourth-order valence-corrected chi connectivity index (χ4v) is 3.19. The van der Waals surface area contributed by atoms with E-state index in [0.717, 1.165) is 42.6 Å². The van der Waals surface area contributed by atoms with E-state index in [2.05, 4.69) is 42.0 Å². The van der Waals surface area contributed by atoms with Gasteiger partial charge in [-0.1, -0.05) is 31.3 Å². The Balaban J connectivity index is 2.10. The van der Waals surface area contributed by atoms with Gasteiger partial charge in [-0.05, 0) is 31.6 Å². The van der Waals surface area contributed by atoms with E-state index in [4.69, 9.17) is 4.74 Å². The Bertz CT molecular complexity index is 563. The van der Waals surface area contributed by atoms with E-state index in [9.17, 15) is 0 Å². The highest BCUT2D eigenvalue weighted by Gasteiger charge is 2.10. The van der Waals surface area contributed by atoms with Gasteiger partial charge in [-0.3, -0.25) is 0 Å². The standard InChI is InChI=1S/C15H23N3OS/c1-5-18(6-2)10-9-16-15-17-13-12(19-4)8-7-11(3)14(13)20-15/h7-8H,5-6,9-10H2,1-4H3,(H,16,17). The first kappa shape index (κ1) is 15.1. The van der Waals surface area contributed by atoms with Crippen molar-refractivity contribution in [1.82, 2.24) is 9.88 Å². The average molecular weight is 293 g/mol. The largest absolute Gasteiger partial charge is 0.494 e. The van der Waals surface area contributed by atoms with Gasteiger partial charge in [0.2, 0.25) is 0 Å². The summed E-state index contributed by atoms with van der Waals surface area (Å²) in [7, 11) is 1.69. The summed E-state index contributed by atoms with van der Waals surface area (Å²) in [6.45, 7) is 10.6. The number of rotatable bonds is 7. The SMILES string of the molecule is CCN(CC)CCNc1nc2c(OC)ccc(C)c2s1. The topological polar surface area (TPSA) is 37.4 Å². The molecule has 0 unspecified atom stereocenters. The van der Waals surface area contributed by atoms with Crippen LogP contribution in [-0.2, 0) is 0 Å². The van der Waals surface area contributed by atoms with Gasteiger partial charge in [-0.15, -0.1) is 0 Å². The van der Waals surface area contributed by atoms with Crippen molar-refractivity contribution in [1.29, 1.82) is 0 Å². The number of hydrogen-bond donors (Lipinski definition) is 1. The third-order valence-electron chi connectivity index (χ3n) is 3.52. The summed E-state index contributed by atoms with van der Waals surface area (Å²) in [6.07, 6.45) is 0. The van der Waals surface area contributed by atoms with Gasteiger partial charge in [0.1, 0.15) is 11.3 Å². The number of ether oxygens (including phenoxy) is 1. The number of nitrogens with one attached hydrogen (secondary N) is 1. The van der Waals surface area contributed by atoms with E-state index in [1.54, 1.807) is 18.4 Å². The Morgan fingerprint density at radius 1 is 1.30 bits per heavy atom. The van der Waals surface area contributed by atoms with Crippen molar-refractivity contribution in [3.05, 3.63) is 17.7 Å². The van der Waals surface area contributed by atoms with Crippen LogP contribution in [-0.4, -0.2) is 43.2 Å². The molecule has 1 aromatic carbocycles. The van der Waals surface area contributed by atoms with Gasteiger partial charge in [0, 0.05) is 13.1 Å². The normalized spacial score (nSPS) is 11.2. The zero-order valence-corrected chi connectivity index (χ0v) is 13.5. The average Bonchev–Trinajstić information content (AvgIpc) is 2.89. The van der Waals surface area contributed by atoms with Crippen LogP contribution in [0.4, 0.5) is 5.13 Å². The number of aromatic nitrogens is 1. The number of likely N-dealkylation sites (N-methyl/N-ethyl adjacent to an activating group) is 1. The Labute approximate surface area is 124 Å². The van der Waals surface area contributed by atoms with Gasteiger partial charge < -0.3 is 15.0 Å². The molecule has 0 atom stereocenters. The summed E-state index contributed by atoms with van der Waals surface area (Å²) >= 11 is 1.70. The lowest BCUT2D eigenvalue weighted by Crippen LogP contribution is -2.28. The predicted octanol–water partition coefficient (Wildman–Crippen LogP) is 3.37. The van der Waals surface area contributed by atoms with Crippen LogP contribution in [0.5, 0.6) is 5.75 Å². The summed E-state index contributed by atoms with van der Waals surface area (Å²) in [5.41, 5.74) is 2.21. The van der Waals surface area contributed by atoms with Gasteiger partial charge in [-0.25, -0.2) is 4.98 Å². The number of anilines is 1. The van der Waals surface area contributed by atoms with Gasteiger partial charge in [0.25, 0.3) is 0 Å². The first-order valence-corrected chi connectivity index (χ1v) is 7.91. The first-order chi connectivity index (χ1) is 9.69. The van der Waals surface area contributed by atoms with Crippen molar-refractivity contribution in [2.45, 2.75) is 20.8 Å². The smallest absolute Gasteiger partial charge is 0.183 e. The third-order valence-corrected chi connectivity index (χ3v) is 4.67. The van der Waals surface area contributed by atoms with Crippen molar-refractivity contribution in [2.24, 2.45) is 0 Å². The lowest BCUT2D eigenvalue weighted by atomic mass is 10.2. The molecule has 0 aliphatic rings. The minimum absolute atomic E-state index is 0.846. The van der Waals surface area contributed by atoms with E-state index in [1.807, 2.05) is 6.07 Å². The lowest BCUT2D eigenvalue weighted by Gasteiger charge is -2.17. The second kappa shape index (κ2) is 6.90. The van der Waals surface area contributed by atoms with Gasteiger partial charge in [-0.2, -0.15) is 0 Å². The fraction of sp³-hybridized carbons (Fsp3) is 0.533. The highest BCUT2D eigenvalue weighted by molar-refractivity contribution is 7.22. The Hall–Kier alpha value is -1.33. The molecule has 5 heteroatoms. The van der Waals surface area contributed by atoms with E-state index in [1.165, 1.54) is 10.3 Å². The van der Waals surface area contributed by atoms with Crippen LogP contribution in [0, 0.1) is 6.92 Å². The second-order valence-corrected chi connectivity index (χ2v) is 5.73. The molecule has 110 valence electrons.